The SMILES string of the molecule is COc1cccc(O)c1C(C)CO. The second-order valence-electron chi connectivity index (χ2n) is 2.98. The number of hydrogen-bond acceptors (Lipinski definition) is 3. The summed E-state index contributed by atoms with van der Waals surface area (Å²) in [6.45, 7) is 1.82. The standard InChI is InChI=1S/C10H14O3/c1-7(6-11)10-8(12)4-3-5-9(10)13-2/h3-5,7,11-12H,6H2,1-2H3. The second kappa shape index (κ2) is 4.14. The van der Waals surface area contributed by atoms with E-state index in [4.69, 9.17) is 9.84 Å². The zero-order chi connectivity index (χ0) is 9.84. The third-order valence-corrected chi connectivity index (χ3v) is 2.03. The van der Waals surface area contributed by atoms with Gasteiger partial charge in [-0.25, -0.2) is 0 Å². The number of aliphatic hydroxyl groups excluding tert-OH is 1. The Kier molecular flexibility index (Phi) is 3.14. The Morgan fingerprint density at radius 3 is 2.69 bits per heavy atom. The fraction of sp³-hybridized carbons (Fsp3) is 0.400. The highest BCUT2D eigenvalue weighted by atomic mass is 16.5. The van der Waals surface area contributed by atoms with Crippen LogP contribution in [0.25, 0.3) is 0 Å². The fourth-order valence-corrected chi connectivity index (χ4v) is 1.30. The molecule has 3 heteroatoms. The smallest absolute Gasteiger partial charge is 0.126 e. The van der Waals surface area contributed by atoms with Crippen LogP contribution in [0.5, 0.6) is 11.5 Å². The Morgan fingerprint density at radius 1 is 1.46 bits per heavy atom. The minimum atomic E-state index is -0.115. The molecule has 0 aliphatic heterocycles. The van der Waals surface area contributed by atoms with Crippen LogP contribution in [0.4, 0.5) is 0 Å². The summed E-state index contributed by atoms with van der Waals surface area (Å²) in [6, 6.07) is 5.06. The lowest BCUT2D eigenvalue weighted by Crippen LogP contribution is -2.02. The van der Waals surface area contributed by atoms with E-state index in [-0.39, 0.29) is 18.3 Å². The number of hydrogen-bond donors (Lipinski definition) is 2. The molecule has 72 valence electrons. The van der Waals surface area contributed by atoms with Gasteiger partial charge in [-0.2, -0.15) is 0 Å². The van der Waals surface area contributed by atoms with Crippen LogP contribution in [0, 0.1) is 0 Å². The number of ether oxygens (including phenoxy) is 1. The quantitative estimate of drug-likeness (QED) is 0.744. The first-order valence-electron chi connectivity index (χ1n) is 4.17. The van der Waals surface area contributed by atoms with Crippen molar-refractivity contribution >= 4 is 0 Å². The van der Waals surface area contributed by atoms with Gasteiger partial charge in [0, 0.05) is 18.1 Å². The number of rotatable bonds is 3. The molecule has 1 unspecified atom stereocenters. The van der Waals surface area contributed by atoms with Crippen molar-refractivity contribution in [1.82, 2.24) is 0 Å². The van der Waals surface area contributed by atoms with Gasteiger partial charge in [-0.05, 0) is 12.1 Å². The molecule has 0 heterocycles. The van der Waals surface area contributed by atoms with Gasteiger partial charge in [0.05, 0.1) is 7.11 Å². The molecule has 1 aromatic carbocycles. The van der Waals surface area contributed by atoms with E-state index in [9.17, 15) is 5.11 Å². The van der Waals surface area contributed by atoms with Crippen LogP contribution in [0.15, 0.2) is 18.2 Å². The van der Waals surface area contributed by atoms with Crippen molar-refractivity contribution in [3.8, 4) is 11.5 Å². The predicted octanol–water partition coefficient (Wildman–Crippen LogP) is 1.50. The first-order chi connectivity index (χ1) is 6.20. The summed E-state index contributed by atoms with van der Waals surface area (Å²) < 4.78 is 5.08. The molecule has 0 saturated carbocycles. The van der Waals surface area contributed by atoms with E-state index in [1.54, 1.807) is 25.3 Å². The molecule has 2 N–H and O–H groups in total. The van der Waals surface area contributed by atoms with Crippen molar-refractivity contribution in [2.75, 3.05) is 13.7 Å². The largest absolute Gasteiger partial charge is 0.508 e. The van der Waals surface area contributed by atoms with Crippen molar-refractivity contribution in [3.63, 3.8) is 0 Å². The lowest BCUT2D eigenvalue weighted by atomic mass is 10.00. The summed E-state index contributed by atoms with van der Waals surface area (Å²) in [4.78, 5) is 0. The lowest BCUT2D eigenvalue weighted by molar-refractivity contribution is 0.266. The maximum atomic E-state index is 9.53. The molecular formula is C10H14O3. The zero-order valence-electron chi connectivity index (χ0n) is 7.82. The van der Waals surface area contributed by atoms with Crippen molar-refractivity contribution in [2.24, 2.45) is 0 Å². The van der Waals surface area contributed by atoms with Gasteiger partial charge >= 0.3 is 0 Å². The van der Waals surface area contributed by atoms with Gasteiger partial charge in [-0.15, -0.1) is 0 Å². The number of methoxy groups -OCH3 is 1. The molecule has 1 rings (SSSR count). The summed E-state index contributed by atoms with van der Waals surface area (Å²) in [7, 11) is 1.54. The first kappa shape index (κ1) is 9.86. The van der Waals surface area contributed by atoms with Crippen LogP contribution in [0.3, 0.4) is 0 Å². The Balaban J connectivity index is 3.14. The molecule has 0 radical (unpaired) electrons. The van der Waals surface area contributed by atoms with Crippen molar-refractivity contribution in [1.29, 1.82) is 0 Å². The molecule has 0 fully saturated rings. The van der Waals surface area contributed by atoms with Crippen LogP contribution in [-0.4, -0.2) is 23.9 Å². The van der Waals surface area contributed by atoms with Crippen molar-refractivity contribution in [2.45, 2.75) is 12.8 Å². The van der Waals surface area contributed by atoms with Crippen LogP contribution in [-0.2, 0) is 0 Å². The Bertz CT molecular complexity index is 283. The minimum Gasteiger partial charge on any atom is -0.508 e. The van der Waals surface area contributed by atoms with E-state index in [2.05, 4.69) is 0 Å². The van der Waals surface area contributed by atoms with Gasteiger partial charge in [0.1, 0.15) is 11.5 Å². The average molecular weight is 182 g/mol. The number of phenols is 1. The third-order valence-electron chi connectivity index (χ3n) is 2.03. The van der Waals surface area contributed by atoms with Gasteiger partial charge < -0.3 is 14.9 Å². The first-order valence-corrected chi connectivity index (χ1v) is 4.17. The van der Waals surface area contributed by atoms with E-state index >= 15 is 0 Å². The molecule has 0 saturated heterocycles. The van der Waals surface area contributed by atoms with Gasteiger partial charge in [0.2, 0.25) is 0 Å². The Hall–Kier alpha value is -1.22. The van der Waals surface area contributed by atoms with Crippen LogP contribution >= 0.6 is 0 Å². The molecule has 0 aliphatic rings. The average Bonchev–Trinajstić information content (AvgIpc) is 2.16. The Labute approximate surface area is 77.6 Å². The van der Waals surface area contributed by atoms with Crippen LogP contribution < -0.4 is 4.74 Å². The summed E-state index contributed by atoms with van der Waals surface area (Å²) in [5.41, 5.74) is 0.660. The van der Waals surface area contributed by atoms with E-state index < -0.39 is 0 Å². The predicted molar refractivity (Wildman–Crippen MR) is 50.2 cm³/mol. The topological polar surface area (TPSA) is 49.7 Å². The van der Waals surface area contributed by atoms with Gasteiger partial charge in [0.25, 0.3) is 0 Å². The highest BCUT2D eigenvalue weighted by molar-refractivity contribution is 5.46. The summed E-state index contributed by atoms with van der Waals surface area (Å²) in [5.74, 6) is 0.665. The summed E-state index contributed by atoms with van der Waals surface area (Å²) in [5, 5.41) is 18.5. The van der Waals surface area contributed by atoms with E-state index in [1.807, 2.05) is 6.92 Å². The molecular weight excluding hydrogens is 168 g/mol. The van der Waals surface area contributed by atoms with E-state index in [1.165, 1.54) is 0 Å². The Morgan fingerprint density at radius 2 is 2.15 bits per heavy atom. The molecule has 0 bridgehead atoms. The molecule has 0 aliphatic carbocycles. The van der Waals surface area contributed by atoms with Crippen molar-refractivity contribution < 1.29 is 14.9 Å². The number of benzene rings is 1. The summed E-state index contributed by atoms with van der Waals surface area (Å²) in [6.07, 6.45) is 0. The molecule has 0 amide bonds. The maximum Gasteiger partial charge on any atom is 0.126 e. The third kappa shape index (κ3) is 1.92. The molecule has 0 spiro atoms. The maximum absolute atomic E-state index is 9.53. The van der Waals surface area contributed by atoms with Crippen molar-refractivity contribution in [3.05, 3.63) is 23.8 Å². The lowest BCUT2D eigenvalue weighted by Gasteiger charge is -2.14. The van der Waals surface area contributed by atoms with Crippen LogP contribution in [0.2, 0.25) is 0 Å². The van der Waals surface area contributed by atoms with E-state index in [0.29, 0.717) is 11.3 Å². The molecule has 13 heavy (non-hydrogen) atoms. The highest BCUT2D eigenvalue weighted by Gasteiger charge is 2.14. The highest BCUT2D eigenvalue weighted by Crippen LogP contribution is 2.33. The fourth-order valence-electron chi connectivity index (χ4n) is 1.30. The summed E-state index contributed by atoms with van der Waals surface area (Å²) >= 11 is 0. The normalized spacial score (nSPS) is 12.5. The van der Waals surface area contributed by atoms with Gasteiger partial charge in [-0.1, -0.05) is 13.0 Å². The molecule has 3 nitrogen and oxygen atoms in total. The number of phenolic OH excluding ortho intramolecular Hbond substituents is 1. The van der Waals surface area contributed by atoms with E-state index in [0.717, 1.165) is 0 Å². The molecule has 1 aromatic rings. The monoisotopic (exact) mass is 182 g/mol. The zero-order valence-corrected chi connectivity index (χ0v) is 7.82. The van der Waals surface area contributed by atoms with Gasteiger partial charge in [-0.3, -0.25) is 0 Å². The second-order valence-corrected chi connectivity index (χ2v) is 2.98. The van der Waals surface area contributed by atoms with Gasteiger partial charge in [0.15, 0.2) is 0 Å². The van der Waals surface area contributed by atoms with Crippen LogP contribution in [0.1, 0.15) is 18.4 Å². The number of aliphatic hydroxyl groups is 1. The minimum absolute atomic E-state index is 0.00602. The molecule has 0 aromatic heterocycles. The molecule has 1 atom stereocenters. The number of aromatic hydroxyl groups is 1.